The summed E-state index contributed by atoms with van der Waals surface area (Å²) in [5, 5.41) is 3.77. The predicted octanol–water partition coefficient (Wildman–Crippen LogP) is 1.31. The summed E-state index contributed by atoms with van der Waals surface area (Å²) in [6.45, 7) is 3.07. The van der Waals surface area contributed by atoms with Gasteiger partial charge in [-0.2, -0.15) is 4.98 Å². The van der Waals surface area contributed by atoms with Crippen LogP contribution in [-0.4, -0.2) is 43.4 Å². The molecule has 0 bridgehead atoms. The van der Waals surface area contributed by atoms with Gasteiger partial charge in [-0.1, -0.05) is 11.6 Å². The van der Waals surface area contributed by atoms with E-state index in [0.29, 0.717) is 30.0 Å². The molecule has 100 valence electrons. The number of halogens is 1. The summed E-state index contributed by atoms with van der Waals surface area (Å²) in [7, 11) is 1.63. The molecule has 1 saturated heterocycles. The molecule has 1 N–H and O–H groups in total. The van der Waals surface area contributed by atoms with Gasteiger partial charge in [0.25, 0.3) is 0 Å². The summed E-state index contributed by atoms with van der Waals surface area (Å²) in [5.74, 6) is 1.85. The van der Waals surface area contributed by atoms with Crippen molar-refractivity contribution in [2.24, 2.45) is 5.92 Å². The first kappa shape index (κ1) is 13.5. The van der Waals surface area contributed by atoms with Gasteiger partial charge in [-0.15, -0.1) is 0 Å². The lowest BCUT2D eigenvalue weighted by Gasteiger charge is -2.10. The van der Waals surface area contributed by atoms with E-state index in [4.69, 9.17) is 21.1 Å². The van der Waals surface area contributed by atoms with Crippen LogP contribution in [0.15, 0.2) is 6.20 Å². The highest BCUT2D eigenvalue weighted by molar-refractivity contribution is 6.31. The zero-order valence-corrected chi connectivity index (χ0v) is 11.2. The average Bonchev–Trinajstić information content (AvgIpc) is 2.86. The number of aromatic nitrogens is 2. The maximum atomic E-state index is 5.99. The summed E-state index contributed by atoms with van der Waals surface area (Å²) in [5.41, 5.74) is 0. The second kappa shape index (κ2) is 6.87. The van der Waals surface area contributed by atoms with Gasteiger partial charge in [0, 0.05) is 13.5 Å². The van der Waals surface area contributed by atoms with Crippen LogP contribution in [0.25, 0.3) is 0 Å². The van der Waals surface area contributed by atoms with Crippen molar-refractivity contribution in [2.75, 3.05) is 33.4 Å². The van der Waals surface area contributed by atoms with Crippen molar-refractivity contribution in [3.8, 4) is 5.88 Å². The van der Waals surface area contributed by atoms with Gasteiger partial charge < -0.3 is 14.8 Å². The third kappa shape index (κ3) is 3.80. The van der Waals surface area contributed by atoms with Crippen LogP contribution in [0, 0.1) is 5.92 Å². The molecule has 1 aromatic heterocycles. The SMILES string of the molecule is COCCOc1nc(CC2CCNC2)ncc1Cl. The summed E-state index contributed by atoms with van der Waals surface area (Å²) >= 11 is 5.99. The lowest BCUT2D eigenvalue weighted by Crippen LogP contribution is -2.13. The highest BCUT2D eigenvalue weighted by Crippen LogP contribution is 2.22. The van der Waals surface area contributed by atoms with Gasteiger partial charge in [0.05, 0.1) is 12.8 Å². The molecule has 5 nitrogen and oxygen atoms in total. The second-order valence-electron chi connectivity index (χ2n) is 4.34. The van der Waals surface area contributed by atoms with E-state index in [0.717, 1.165) is 25.3 Å². The molecule has 0 radical (unpaired) electrons. The number of methoxy groups -OCH3 is 1. The monoisotopic (exact) mass is 271 g/mol. The Morgan fingerprint density at radius 3 is 3.11 bits per heavy atom. The molecular formula is C12H18ClN3O2. The average molecular weight is 272 g/mol. The molecule has 1 atom stereocenters. The quantitative estimate of drug-likeness (QED) is 0.791. The number of hydrogen-bond donors (Lipinski definition) is 1. The smallest absolute Gasteiger partial charge is 0.236 e. The lowest BCUT2D eigenvalue weighted by molar-refractivity contribution is 0.143. The van der Waals surface area contributed by atoms with E-state index in [-0.39, 0.29) is 0 Å². The largest absolute Gasteiger partial charge is 0.474 e. The first-order valence-corrected chi connectivity index (χ1v) is 6.51. The van der Waals surface area contributed by atoms with Crippen molar-refractivity contribution < 1.29 is 9.47 Å². The number of nitrogens with one attached hydrogen (secondary N) is 1. The van der Waals surface area contributed by atoms with Crippen LogP contribution in [-0.2, 0) is 11.2 Å². The zero-order chi connectivity index (χ0) is 12.8. The fraction of sp³-hybridized carbons (Fsp3) is 0.667. The summed E-state index contributed by atoms with van der Waals surface area (Å²) in [4.78, 5) is 8.61. The molecule has 0 saturated carbocycles. The number of nitrogens with zero attached hydrogens (tertiary/aromatic N) is 2. The summed E-state index contributed by atoms with van der Waals surface area (Å²) < 4.78 is 10.4. The van der Waals surface area contributed by atoms with Gasteiger partial charge in [0.2, 0.25) is 5.88 Å². The first-order chi connectivity index (χ1) is 8.79. The fourth-order valence-corrected chi connectivity index (χ4v) is 2.10. The predicted molar refractivity (Wildman–Crippen MR) is 69.1 cm³/mol. The second-order valence-corrected chi connectivity index (χ2v) is 4.75. The summed E-state index contributed by atoms with van der Waals surface area (Å²) in [6, 6.07) is 0. The molecule has 18 heavy (non-hydrogen) atoms. The van der Waals surface area contributed by atoms with Crippen molar-refractivity contribution in [1.82, 2.24) is 15.3 Å². The molecule has 0 aliphatic carbocycles. The molecule has 6 heteroatoms. The maximum absolute atomic E-state index is 5.99. The standard InChI is InChI=1S/C12H18ClN3O2/c1-17-4-5-18-12-10(13)8-15-11(16-12)6-9-2-3-14-7-9/h8-9,14H,2-7H2,1H3. The molecule has 1 aliphatic heterocycles. The Morgan fingerprint density at radius 1 is 1.50 bits per heavy atom. The van der Waals surface area contributed by atoms with Gasteiger partial charge in [-0.3, -0.25) is 0 Å². The van der Waals surface area contributed by atoms with Crippen LogP contribution in [0.5, 0.6) is 5.88 Å². The normalized spacial score (nSPS) is 19.1. The fourth-order valence-electron chi connectivity index (χ4n) is 1.95. The molecule has 1 aromatic rings. The van der Waals surface area contributed by atoms with Crippen molar-refractivity contribution in [3.05, 3.63) is 17.0 Å². The van der Waals surface area contributed by atoms with Crippen LogP contribution in [0.3, 0.4) is 0 Å². The lowest BCUT2D eigenvalue weighted by atomic mass is 10.0. The Bertz CT molecular complexity index is 384. The van der Waals surface area contributed by atoms with Gasteiger partial charge in [0.1, 0.15) is 17.5 Å². The van der Waals surface area contributed by atoms with Crippen molar-refractivity contribution in [2.45, 2.75) is 12.8 Å². The molecule has 1 aliphatic rings. The van der Waals surface area contributed by atoms with Crippen molar-refractivity contribution >= 4 is 11.6 Å². The Balaban J connectivity index is 1.96. The molecule has 2 rings (SSSR count). The van der Waals surface area contributed by atoms with Crippen molar-refractivity contribution in [1.29, 1.82) is 0 Å². The number of hydrogen-bond acceptors (Lipinski definition) is 5. The third-order valence-electron chi connectivity index (χ3n) is 2.92. The third-order valence-corrected chi connectivity index (χ3v) is 3.18. The van der Waals surface area contributed by atoms with E-state index in [9.17, 15) is 0 Å². The Morgan fingerprint density at radius 2 is 2.39 bits per heavy atom. The Hall–Kier alpha value is -0.910. The van der Waals surface area contributed by atoms with Gasteiger partial charge in [-0.25, -0.2) is 4.98 Å². The number of ether oxygens (including phenoxy) is 2. The molecule has 0 amide bonds. The maximum Gasteiger partial charge on any atom is 0.236 e. The van der Waals surface area contributed by atoms with Crippen LogP contribution in [0.2, 0.25) is 5.02 Å². The number of rotatable bonds is 6. The van der Waals surface area contributed by atoms with Gasteiger partial charge in [0.15, 0.2) is 0 Å². The molecule has 0 spiro atoms. The molecular weight excluding hydrogens is 254 g/mol. The minimum Gasteiger partial charge on any atom is -0.474 e. The molecule has 2 heterocycles. The Kier molecular flexibility index (Phi) is 5.16. The highest BCUT2D eigenvalue weighted by Gasteiger charge is 2.17. The molecule has 0 aromatic carbocycles. The van der Waals surface area contributed by atoms with E-state index in [1.807, 2.05) is 0 Å². The van der Waals surface area contributed by atoms with E-state index in [1.165, 1.54) is 6.42 Å². The van der Waals surface area contributed by atoms with E-state index in [2.05, 4.69) is 15.3 Å². The summed E-state index contributed by atoms with van der Waals surface area (Å²) in [6.07, 6.45) is 3.64. The zero-order valence-electron chi connectivity index (χ0n) is 10.5. The van der Waals surface area contributed by atoms with Gasteiger partial charge in [-0.05, 0) is 25.4 Å². The van der Waals surface area contributed by atoms with E-state index >= 15 is 0 Å². The van der Waals surface area contributed by atoms with E-state index < -0.39 is 0 Å². The minimum atomic E-state index is 0.442. The van der Waals surface area contributed by atoms with Crippen molar-refractivity contribution in [3.63, 3.8) is 0 Å². The van der Waals surface area contributed by atoms with Crippen LogP contribution in [0.4, 0.5) is 0 Å². The molecule has 1 unspecified atom stereocenters. The van der Waals surface area contributed by atoms with Crippen LogP contribution >= 0.6 is 11.6 Å². The van der Waals surface area contributed by atoms with Gasteiger partial charge >= 0.3 is 0 Å². The van der Waals surface area contributed by atoms with Crippen LogP contribution in [0.1, 0.15) is 12.2 Å². The van der Waals surface area contributed by atoms with E-state index in [1.54, 1.807) is 13.3 Å². The molecule has 1 fully saturated rings. The highest BCUT2D eigenvalue weighted by atomic mass is 35.5. The topological polar surface area (TPSA) is 56.3 Å². The van der Waals surface area contributed by atoms with Crippen LogP contribution < -0.4 is 10.1 Å². The minimum absolute atomic E-state index is 0.442. The Labute approximate surface area is 112 Å². The first-order valence-electron chi connectivity index (χ1n) is 6.13.